The number of amides is 2. The van der Waals surface area contributed by atoms with Gasteiger partial charge in [-0.15, -0.1) is 0 Å². The van der Waals surface area contributed by atoms with E-state index in [-0.39, 0.29) is 23.1 Å². The largest absolute Gasteiger partial charge is 0.290 e. The molecule has 0 saturated heterocycles. The van der Waals surface area contributed by atoms with Gasteiger partial charge in [0, 0.05) is 18.9 Å². The van der Waals surface area contributed by atoms with Crippen LogP contribution in [-0.4, -0.2) is 21.6 Å². The highest BCUT2D eigenvalue weighted by molar-refractivity contribution is 6.05. The summed E-state index contributed by atoms with van der Waals surface area (Å²) in [6, 6.07) is 6.75. The van der Waals surface area contributed by atoms with Crippen molar-refractivity contribution < 1.29 is 9.59 Å². The number of hydrogen-bond acceptors (Lipinski definition) is 4. The summed E-state index contributed by atoms with van der Waals surface area (Å²) in [6.45, 7) is 0. The van der Waals surface area contributed by atoms with Crippen molar-refractivity contribution in [1.82, 2.24) is 20.6 Å². The number of benzene rings is 1. The number of allylic oxidation sites excluding steroid dienone is 2. The van der Waals surface area contributed by atoms with E-state index in [1.807, 2.05) is 6.08 Å². The van der Waals surface area contributed by atoms with E-state index in [1.54, 1.807) is 24.3 Å². The zero-order chi connectivity index (χ0) is 17.1. The van der Waals surface area contributed by atoms with Gasteiger partial charge in [0.15, 0.2) is 5.69 Å². The molecule has 2 N–H and O–H groups in total. The second-order valence-corrected chi connectivity index (χ2v) is 5.79. The Morgan fingerprint density at radius 2 is 2.00 bits per heavy atom. The molecular formula is C17H18N4O3. The van der Waals surface area contributed by atoms with Crippen molar-refractivity contribution in [2.24, 2.45) is 13.0 Å². The summed E-state index contributed by atoms with van der Waals surface area (Å²) in [5.74, 6) is -0.593. The molecule has 1 aromatic carbocycles. The fraction of sp³-hybridized carbons (Fsp3) is 0.294. The molecule has 1 aliphatic carbocycles. The maximum absolute atomic E-state index is 12.3. The number of rotatable bonds is 3. The van der Waals surface area contributed by atoms with Gasteiger partial charge in [-0.2, -0.15) is 5.10 Å². The van der Waals surface area contributed by atoms with E-state index in [0.29, 0.717) is 17.2 Å². The lowest BCUT2D eigenvalue weighted by Crippen LogP contribution is -2.43. The highest BCUT2D eigenvalue weighted by atomic mass is 16.2. The number of hydrazine groups is 1. The minimum absolute atomic E-state index is 0.0914. The van der Waals surface area contributed by atoms with E-state index in [9.17, 15) is 14.4 Å². The molecule has 1 aliphatic rings. The zero-order valence-corrected chi connectivity index (χ0v) is 13.3. The minimum atomic E-state index is -0.558. The number of carbonyl (C=O) groups is 2. The highest BCUT2D eigenvalue weighted by Gasteiger charge is 2.18. The van der Waals surface area contributed by atoms with Crippen LogP contribution in [0.1, 0.15) is 29.8 Å². The van der Waals surface area contributed by atoms with Crippen molar-refractivity contribution in [1.29, 1.82) is 0 Å². The van der Waals surface area contributed by atoms with Gasteiger partial charge in [-0.05, 0) is 24.8 Å². The molecule has 0 fully saturated rings. The smallest absolute Gasteiger partial charge is 0.273 e. The molecule has 7 nitrogen and oxygen atoms in total. The predicted molar refractivity (Wildman–Crippen MR) is 89.1 cm³/mol. The van der Waals surface area contributed by atoms with Crippen molar-refractivity contribution >= 4 is 22.6 Å². The van der Waals surface area contributed by atoms with Crippen molar-refractivity contribution in [3.63, 3.8) is 0 Å². The molecule has 0 aliphatic heterocycles. The van der Waals surface area contributed by atoms with Crippen LogP contribution in [-0.2, 0) is 11.8 Å². The Labute approximate surface area is 138 Å². The second kappa shape index (κ2) is 6.66. The Bertz CT molecular complexity index is 885. The topological polar surface area (TPSA) is 93.1 Å². The SMILES string of the molecule is Cn1nc(C(=O)NNC(=O)C[C@@H]2C=CCC2)c2ccccc2c1=O. The van der Waals surface area contributed by atoms with Gasteiger partial charge in [-0.1, -0.05) is 30.4 Å². The third kappa shape index (κ3) is 3.19. The standard InChI is InChI=1S/C17H18N4O3/c1-21-17(24)13-9-5-4-8-12(13)15(20-21)16(23)19-18-14(22)10-11-6-2-3-7-11/h2,4-6,8-9,11H,3,7,10H2,1H3,(H,18,22)(H,19,23)/t11-/m1/s1. The number of aryl methyl sites for hydroxylation is 1. The van der Waals surface area contributed by atoms with E-state index in [1.165, 1.54) is 7.05 Å². The Hall–Kier alpha value is -2.96. The van der Waals surface area contributed by atoms with E-state index in [4.69, 9.17) is 0 Å². The Balaban J connectivity index is 1.74. The van der Waals surface area contributed by atoms with Crippen LogP contribution in [0, 0.1) is 5.92 Å². The molecule has 1 aromatic heterocycles. The van der Waals surface area contributed by atoms with Crippen LogP contribution in [0.4, 0.5) is 0 Å². The van der Waals surface area contributed by atoms with Gasteiger partial charge in [-0.25, -0.2) is 4.68 Å². The van der Waals surface area contributed by atoms with E-state index < -0.39 is 5.91 Å². The first kappa shape index (κ1) is 15.9. The number of carbonyl (C=O) groups excluding carboxylic acids is 2. The molecule has 7 heteroatoms. The van der Waals surface area contributed by atoms with Gasteiger partial charge < -0.3 is 0 Å². The first-order valence-electron chi connectivity index (χ1n) is 7.78. The third-order valence-electron chi connectivity index (χ3n) is 4.05. The van der Waals surface area contributed by atoms with Gasteiger partial charge in [0.2, 0.25) is 5.91 Å². The van der Waals surface area contributed by atoms with Crippen LogP contribution in [0.3, 0.4) is 0 Å². The van der Waals surface area contributed by atoms with Gasteiger partial charge in [0.05, 0.1) is 5.39 Å². The molecule has 0 unspecified atom stereocenters. The summed E-state index contributed by atoms with van der Waals surface area (Å²) in [6.07, 6.45) is 6.34. The summed E-state index contributed by atoms with van der Waals surface area (Å²) in [5, 5.41) is 4.87. The van der Waals surface area contributed by atoms with Crippen LogP contribution in [0.5, 0.6) is 0 Å². The first-order chi connectivity index (χ1) is 11.6. The van der Waals surface area contributed by atoms with Crippen molar-refractivity contribution in [3.05, 3.63) is 52.5 Å². The number of nitrogens with zero attached hydrogens (tertiary/aromatic N) is 2. The first-order valence-corrected chi connectivity index (χ1v) is 7.78. The van der Waals surface area contributed by atoms with Crippen molar-refractivity contribution in [3.8, 4) is 0 Å². The molecule has 124 valence electrons. The molecular weight excluding hydrogens is 308 g/mol. The fourth-order valence-electron chi connectivity index (χ4n) is 2.81. The number of fused-ring (bicyclic) bond motifs is 1. The summed E-state index contributed by atoms with van der Waals surface area (Å²) in [4.78, 5) is 36.3. The van der Waals surface area contributed by atoms with Gasteiger partial charge in [0.1, 0.15) is 0 Å². The number of nitrogens with one attached hydrogen (secondary N) is 2. The van der Waals surface area contributed by atoms with E-state index >= 15 is 0 Å². The lowest BCUT2D eigenvalue weighted by Gasteiger charge is -2.11. The van der Waals surface area contributed by atoms with Crippen molar-refractivity contribution in [2.45, 2.75) is 19.3 Å². The normalized spacial score (nSPS) is 16.3. The van der Waals surface area contributed by atoms with Crippen LogP contribution in [0.25, 0.3) is 10.8 Å². The molecule has 0 radical (unpaired) electrons. The van der Waals surface area contributed by atoms with Crippen LogP contribution in [0.15, 0.2) is 41.2 Å². The van der Waals surface area contributed by atoms with Crippen molar-refractivity contribution in [2.75, 3.05) is 0 Å². The maximum Gasteiger partial charge on any atom is 0.290 e. The second-order valence-electron chi connectivity index (χ2n) is 5.79. The Morgan fingerprint density at radius 3 is 2.71 bits per heavy atom. The van der Waals surface area contributed by atoms with Crippen LogP contribution >= 0.6 is 0 Å². The molecule has 1 heterocycles. The third-order valence-corrected chi connectivity index (χ3v) is 4.05. The molecule has 3 rings (SSSR count). The summed E-state index contributed by atoms with van der Waals surface area (Å²) < 4.78 is 1.11. The summed E-state index contributed by atoms with van der Waals surface area (Å²) in [7, 11) is 1.48. The Kier molecular flexibility index (Phi) is 4.41. The van der Waals surface area contributed by atoms with Crippen LogP contribution < -0.4 is 16.4 Å². The monoisotopic (exact) mass is 326 g/mol. The quantitative estimate of drug-likeness (QED) is 0.651. The van der Waals surface area contributed by atoms with E-state index in [2.05, 4.69) is 22.0 Å². The lowest BCUT2D eigenvalue weighted by atomic mass is 10.1. The lowest BCUT2D eigenvalue weighted by molar-refractivity contribution is -0.122. The predicted octanol–water partition coefficient (Wildman–Crippen LogP) is 1.05. The van der Waals surface area contributed by atoms with E-state index in [0.717, 1.165) is 17.5 Å². The average Bonchev–Trinajstić information content (AvgIpc) is 3.09. The fourth-order valence-corrected chi connectivity index (χ4v) is 2.81. The summed E-state index contributed by atoms with van der Waals surface area (Å²) >= 11 is 0. The highest BCUT2D eigenvalue weighted by Crippen LogP contribution is 2.19. The molecule has 0 spiro atoms. The molecule has 2 amide bonds. The van der Waals surface area contributed by atoms with Gasteiger partial charge >= 0.3 is 0 Å². The zero-order valence-electron chi connectivity index (χ0n) is 13.3. The molecule has 0 bridgehead atoms. The van der Waals surface area contributed by atoms with Crippen LogP contribution in [0.2, 0.25) is 0 Å². The molecule has 1 atom stereocenters. The molecule has 24 heavy (non-hydrogen) atoms. The average molecular weight is 326 g/mol. The van der Waals surface area contributed by atoms with Gasteiger partial charge in [0.25, 0.3) is 11.5 Å². The maximum atomic E-state index is 12.3. The number of hydrogen-bond donors (Lipinski definition) is 2. The minimum Gasteiger partial charge on any atom is -0.273 e. The Morgan fingerprint density at radius 1 is 1.25 bits per heavy atom. The number of aromatic nitrogens is 2. The molecule has 0 saturated carbocycles. The van der Waals surface area contributed by atoms with Gasteiger partial charge in [-0.3, -0.25) is 25.2 Å². The summed E-state index contributed by atoms with van der Waals surface area (Å²) in [5.41, 5.74) is 4.59. The molecule has 2 aromatic rings.